The zero-order chi connectivity index (χ0) is 14.3. The van der Waals surface area contributed by atoms with Gasteiger partial charge in [0, 0.05) is 10.7 Å². The van der Waals surface area contributed by atoms with Crippen molar-refractivity contribution in [2.24, 2.45) is 5.73 Å². The molecule has 0 bridgehead atoms. The quantitative estimate of drug-likeness (QED) is 0.709. The summed E-state index contributed by atoms with van der Waals surface area (Å²) in [7, 11) is 0. The smallest absolute Gasteiger partial charge is 0.242 e. The highest BCUT2D eigenvalue weighted by molar-refractivity contribution is 6.30. The number of anilines is 1. The third kappa shape index (κ3) is 5.11. The zero-order valence-electron chi connectivity index (χ0n) is 11.7. The average Bonchev–Trinajstić information content (AvgIpc) is 2.37. The standard InChI is InChI=1S/C15H23ClN2O/c1-3-4-5-6-11-15(2,14(17)19)18-13-9-7-12(16)8-10-13/h7-10,18H,3-6,11H2,1-2H3,(H2,17,19). The lowest BCUT2D eigenvalue weighted by atomic mass is 9.93. The summed E-state index contributed by atoms with van der Waals surface area (Å²) < 4.78 is 0. The largest absolute Gasteiger partial charge is 0.371 e. The molecule has 0 aliphatic heterocycles. The number of nitrogens with two attached hydrogens (primary N) is 1. The molecular weight excluding hydrogens is 260 g/mol. The van der Waals surface area contributed by atoms with Gasteiger partial charge in [-0.3, -0.25) is 4.79 Å². The van der Waals surface area contributed by atoms with Crippen molar-refractivity contribution >= 4 is 23.2 Å². The van der Waals surface area contributed by atoms with Gasteiger partial charge in [-0.1, -0.05) is 44.2 Å². The maximum atomic E-state index is 11.7. The van der Waals surface area contributed by atoms with E-state index in [-0.39, 0.29) is 5.91 Å². The van der Waals surface area contributed by atoms with Crippen molar-refractivity contribution in [3.8, 4) is 0 Å². The molecule has 0 aromatic heterocycles. The van der Waals surface area contributed by atoms with Crippen molar-refractivity contribution in [2.75, 3.05) is 5.32 Å². The van der Waals surface area contributed by atoms with Crippen molar-refractivity contribution in [1.29, 1.82) is 0 Å². The number of rotatable bonds is 8. The van der Waals surface area contributed by atoms with E-state index in [1.54, 1.807) is 12.1 Å². The number of carbonyl (C=O) groups excluding carboxylic acids is 1. The summed E-state index contributed by atoms with van der Waals surface area (Å²) in [5, 5.41) is 3.90. The number of primary amides is 1. The fraction of sp³-hybridized carbons (Fsp3) is 0.533. The molecule has 0 aliphatic rings. The molecule has 1 amide bonds. The monoisotopic (exact) mass is 282 g/mol. The Kier molecular flexibility index (Phi) is 6.16. The summed E-state index contributed by atoms with van der Waals surface area (Å²) in [5.74, 6) is -0.320. The van der Waals surface area contributed by atoms with Crippen LogP contribution in [-0.2, 0) is 4.79 Å². The first-order chi connectivity index (χ1) is 8.98. The molecule has 0 aliphatic carbocycles. The van der Waals surface area contributed by atoms with Gasteiger partial charge in [0.25, 0.3) is 0 Å². The first-order valence-corrected chi connectivity index (χ1v) is 7.19. The highest BCUT2D eigenvalue weighted by atomic mass is 35.5. The molecule has 0 fully saturated rings. The van der Waals surface area contributed by atoms with Gasteiger partial charge in [0.1, 0.15) is 5.54 Å². The van der Waals surface area contributed by atoms with Crippen LogP contribution in [0.15, 0.2) is 24.3 Å². The van der Waals surface area contributed by atoms with Crippen LogP contribution in [0.3, 0.4) is 0 Å². The second-order valence-electron chi connectivity index (χ2n) is 5.14. The van der Waals surface area contributed by atoms with Crippen LogP contribution in [0.4, 0.5) is 5.69 Å². The Balaban J connectivity index is 2.65. The third-order valence-electron chi connectivity index (χ3n) is 3.34. The van der Waals surface area contributed by atoms with Crippen molar-refractivity contribution in [1.82, 2.24) is 0 Å². The Morgan fingerprint density at radius 3 is 2.42 bits per heavy atom. The molecular formula is C15H23ClN2O. The first-order valence-electron chi connectivity index (χ1n) is 6.81. The number of nitrogens with one attached hydrogen (secondary N) is 1. The lowest BCUT2D eigenvalue weighted by Crippen LogP contribution is -2.47. The molecule has 19 heavy (non-hydrogen) atoms. The Hall–Kier alpha value is -1.22. The number of benzene rings is 1. The highest BCUT2D eigenvalue weighted by Crippen LogP contribution is 2.22. The van der Waals surface area contributed by atoms with E-state index < -0.39 is 5.54 Å². The molecule has 0 saturated carbocycles. The summed E-state index contributed by atoms with van der Waals surface area (Å²) in [4.78, 5) is 11.7. The predicted octanol–water partition coefficient (Wildman–Crippen LogP) is 3.97. The van der Waals surface area contributed by atoms with Crippen molar-refractivity contribution < 1.29 is 4.79 Å². The highest BCUT2D eigenvalue weighted by Gasteiger charge is 2.30. The fourth-order valence-corrected chi connectivity index (χ4v) is 2.13. The molecule has 106 valence electrons. The van der Waals surface area contributed by atoms with Crippen LogP contribution < -0.4 is 11.1 Å². The van der Waals surface area contributed by atoms with Crippen LogP contribution in [0.1, 0.15) is 46.0 Å². The van der Waals surface area contributed by atoms with E-state index in [1.165, 1.54) is 12.8 Å². The number of amides is 1. The average molecular weight is 283 g/mol. The molecule has 1 atom stereocenters. The molecule has 0 spiro atoms. The van der Waals surface area contributed by atoms with Crippen LogP contribution in [0, 0.1) is 0 Å². The van der Waals surface area contributed by atoms with Crippen LogP contribution in [0.25, 0.3) is 0 Å². The van der Waals surface area contributed by atoms with E-state index in [2.05, 4.69) is 12.2 Å². The molecule has 3 nitrogen and oxygen atoms in total. The molecule has 3 N–H and O–H groups in total. The molecule has 0 radical (unpaired) electrons. The minimum atomic E-state index is -0.707. The SMILES string of the molecule is CCCCCCC(C)(Nc1ccc(Cl)cc1)C(N)=O. The van der Waals surface area contributed by atoms with Crippen LogP contribution in [-0.4, -0.2) is 11.4 Å². The molecule has 0 saturated heterocycles. The molecule has 1 unspecified atom stereocenters. The summed E-state index contributed by atoms with van der Waals surface area (Å²) in [6.45, 7) is 4.02. The van der Waals surface area contributed by atoms with Crippen molar-refractivity contribution in [2.45, 2.75) is 51.5 Å². The summed E-state index contributed by atoms with van der Waals surface area (Å²) >= 11 is 5.84. The Morgan fingerprint density at radius 2 is 1.89 bits per heavy atom. The fourth-order valence-electron chi connectivity index (χ4n) is 2.00. The second kappa shape index (κ2) is 7.39. The Morgan fingerprint density at radius 1 is 1.26 bits per heavy atom. The maximum absolute atomic E-state index is 11.7. The minimum Gasteiger partial charge on any atom is -0.371 e. The number of unbranched alkanes of at least 4 members (excludes halogenated alkanes) is 3. The van der Waals surface area contributed by atoms with Gasteiger partial charge < -0.3 is 11.1 Å². The van der Waals surface area contributed by atoms with Crippen LogP contribution in [0.5, 0.6) is 0 Å². The van der Waals surface area contributed by atoms with Crippen molar-refractivity contribution in [3.05, 3.63) is 29.3 Å². The summed E-state index contributed by atoms with van der Waals surface area (Å²) in [6.07, 6.45) is 5.23. The predicted molar refractivity (Wildman–Crippen MR) is 81.4 cm³/mol. The molecule has 1 aromatic carbocycles. The normalized spacial score (nSPS) is 13.8. The van der Waals surface area contributed by atoms with Gasteiger partial charge in [0.15, 0.2) is 0 Å². The van der Waals surface area contributed by atoms with Gasteiger partial charge in [-0.2, -0.15) is 0 Å². The lowest BCUT2D eigenvalue weighted by Gasteiger charge is -2.28. The van der Waals surface area contributed by atoms with Gasteiger partial charge in [0.05, 0.1) is 0 Å². The third-order valence-corrected chi connectivity index (χ3v) is 3.59. The topological polar surface area (TPSA) is 55.1 Å². The zero-order valence-corrected chi connectivity index (χ0v) is 12.5. The van der Waals surface area contributed by atoms with Gasteiger partial charge in [-0.15, -0.1) is 0 Å². The molecule has 1 aromatic rings. The van der Waals surface area contributed by atoms with Crippen molar-refractivity contribution in [3.63, 3.8) is 0 Å². The van der Waals surface area contributed by atoms with E-state index in [0.717, 1.165) is 24.9 Å². The van der Waals surface area contributed by atoms with Gasteiger partial charge in [-0.05, 0) is 37.6 Å². The molecule has 4 heteroatoms. The van der Waals surface area contributed by atoms with E-state index in [4.69, 9.17) is 17.3 Å². The lowest BCUT2D eigenvalue weighted by molar-refractivity contribution is -0.122. The van der Waals surface area contributed by atoms with Crippen LogP contribution in [0.2, 0.25) is 5.02 Å². The van der Waals surface area contributed by atoms with Gasteiger partial charge >= 0.3 is 0 Å². The number of hydrogen-bond donors (Lipinski definition) is 2. The first kappa shape index (κ1) is 15.8. The van der Waals surface area contributed by atoms with E-state index in [9.17, 15) is 4.79 Å². The van der Waals surface area contributed by atoms with Gasteiger partial charge in [0.2, 0.25) is 5.91 Å². The maximum Gasteiger partial charge on any atom is 0.242 e. The van der Waals surface area contributed by atoms with Crippen LogP contribution >= 0.6 is 11.6 Å². The second-order valence-corrected chi connectivity index (χ2v) is 5.58. The summed E-state index contributed by atoms with van der Waals surface area (Å²) in [6, 6.07) is 7.30. The van der Waals surface area contributed by atoms with E-state index in [1.807, 2.05) is 19.1 Å². The minimum absolute atomic E-state index is 0.320. The molecule has 1 rings (SSSR count). The number of hydrogen-bond acceptors (Lipinski definition) is 2. The Bertz CT molecular complexity index is 405. The summed E-state index contributed by atoms with van der Waals surface area (Å²) in [5.41, 5.74) is 5.69. The number of carbonyl (C=O) groups is 1. The molecule has 0 heterocycles. The van der Waals surface area contributed by atoms with Gasteiger partial charge in [-0.25, -0.2) is 0 Å². The van der Waals surface area contributed by atoms with E-state index in [0.29, 0.717) is 5.02 Å². The van der Waals surface area contributed by atoms with E-state index >= 15 is 0 Å². The number of halogens is 1. The Labute approximate surface area is 120 Å².